The molecule has 0 saturated heterocycles. The molecule has 0 aromatic heterocycles. The minimum absolute atomic E-state index is 0.00242. The van der Waals surface area contributed by atoms with Crippen LogP contribution in [-0.2, 0) is 14.9 Å². The fourth-order valence-corrected chi connectivity index (χ4v) is 2.42. The predicted molar refractivity (Wildman–Crippen MR) is 102 cm³/mol. The monoisotopic (exact) mass is 365 g/mol. The van der Waals surface area contributed by atoms with Crippen LogP contribution in [0.3, 0.4) is 0 Å². The summed E-state index contributed by atoms with van der Waals surface area (Å²) in [5.74, 6) is -0.448. The average molecular weight is 365 g/mol. The van der Waals surface area contributed by atoms with Gasteiger partial charge in [-0.1, -0.05) is 45.0 Å². The predicted octanol–water partition coefficient (Wildman–Crippen LogP) is 4.05. The molecular weight excluding hydrogens is 342 g/mol. The van der Waals surface area contributed by atoms with Crippen LogP contribution in [0.4, 0.5) is 0 Å². The summed E-state index contributed by atoms with van der Waals surface area (Å²) in [6.07, 6.45) is -0.900. The van der Waals surface area contributed by atoms with Gasteiger partial charge in [0.05, 0.1) is 11.6 Å². The standard InChI is InChI=1S/C22H23NO4/c1-15(21(25)17-7-9-18(10-8-17)22(2,3)4)27-20(24)14-26-19-11-5-16(13-23)6-12-19/h5-12,15H,14H2,1-4H3/t15-/m0/s1. The molecule has 0 spiro atoms. The van der Waals surface area contributed by atoms with Crippen molar-refractivity contribution < 1.29 is 19.1 Å². The number of ketones is 1. The van der Waals surface area contributed by atoms with E-state index in [2.05, 4.69) is 20.8 Å². The Labute approximate surface area is 159 Å². The number of esters is 1. The van der Waals surface area contributed by atoms with Gasteiger partial charge in [0.15, 0.2) is 12.7 Å². The van der Waals surface area contributed by atoms with Gasteiger partial charge in [0, 0.05) is 5.56 Å². The normalized spacial score (nSPS) is 12.0. The molecule has 0 amide bonds. The lowest BCUT2D eigenvalue weighted by Crippen LogP contribution is -2.27. The summed E-state index contributed by atoms with van der Waals surface area (Å²) in [6, 6.07) is 15.7. The van der Waals surface area contributed by atoms with Crippen LogP contribution in [0, 0.1) is 11.3 Å². The third-order valence-corrected chi connectivity index (χ3v) is 4.05. The molecule has 0 aliphatic carbocycles. The zero-order valence-corrected chi connectivity index (χ0v) is 16.0. The lowest BCUT2D eigenvalue weighted by molar-refractivity contribution is -0.148. The molecule has 5 nitrogen and oxygen atoms in total. The molecule has 0 saturated carbocycles. The first-order valence-electron chi connectivity index (χ1n) is 8.68. The Bertz CT molecular complexity index is 840. The molecule has 2 aromatic rings. The van der Waals surface area contributed by atoms with Crippen LogP contribution in [-0.4, -0.2) is 24.5 Å². The van der Waals surface area contributed by atoms with E-state index in [1.807, 2.05) is 18.2 Å². The first-order chi connectivity index (χ1) is 12.7. The number of carbonyl (C=O) groups excluding carboxylic acids is 2. The van der Waals surface area contributed by atoms with E-state index in [4.69, 9.17) is 14.7 Å². The summed E-state index contributed by atoms with van der Waals surface area (Å²) in [5, 5.41) is 8.75. The molecule has 0 aliphatic rings. The number of benzene rings is 2. The van der Waals surface area contributed by atoms with E-state index in [1.165, 1.54) is 0 Å². The second-order valence-corrected chi connectivity index (χ2v) is 7.25. The van der Waals surface area contributed by atoms with E-state index in [1.54, 1.807) is 43.3 Å². The smallest absolute Gasteiger partial charge is 0.344 e. The van der Waals surface area contributed by atoms with Crippen molar-refractivity contribution in [1.82, 2.24) is 0 Å². The lowest BCUT2D eigenvalue weighted by Gasteiger charge is -2.19. The summed E-state index contributed by atoms with van der Waals surface area (Å²) in [4.78, 5) is 24.4. The third kappa shape index (κ3) is 5.68. The van der Waals surface area contributed by atoms with Crippen molar-refractivity contribution in [3.05, 3.63) is 65.2 Å². The summed E-state index contributed by atoms with van der Waals surface area (Å²) in [7, 11) is 0. The molecule has 0 bridgehead atoms. The Kier molecular flexibility index (Phi) is 6.36. The number of nitrogens with zero attached hydrogens (tertiary/aromatic N) is 1. The highest BCUT2D eigenvalue weighted by Gasteiger charge is 2.21. The highest BCUT2D eigenvalue weighted by molar-refractivity contribution is 6.00. The molecule has 2 aromatic carbocycles. The zero-order valence-electron chi connectivity index (χ0n) is 16.0. The van der Waals surface area contributed by atoms with Crippen LogP contribution < -0.4 is 4.74 Å². The third-order valence-electron chi connectivity index (χ3n) is 4.05. The van der Waals surface area contributed by atoms with Gasteiger partial charge in [-0.15, -0.1) is 0 Å². The van der Waals surface area contributed by atoms with E-state index in [0.29, 0.717) is 16.9 Å². The van der Waals surface area contributed by atoms with Crippen molar-refractivity contribution >= 4 is 11.8 Å². The van der Waals surface area contributed by atoms with Gasteiger partial charge in [-0.25, -0.2) is 4.79 Å². The second-order valence-electron chi connectivity index (χ2n) is 7.25. The highest BCUT2D eigenvalue weighted by Crippen LogP contribution is 2.22. The molecule has 27 heavy (non-hydrogen) atoms. The van der Waals surface area contributed by atoms with Crippen LogP contribution in [0.2, 0.25) is 0 Å². The average Bonchev–Trinajstić information content (AvgIpc) is 2.65. The van der Waals surface area contributed by atoms with Gasteiger partial charge in [0.2, 0.25) is 5.78 Å². The minimum atomic E-state index is -0.900. The molecule has 0 aliphatic heterocycles. The van der Waals surface area contributed by atoms with Gasteiger partial charge in [-0.2, -0.15) is 5.26 Å². The Morgan fingerprint density at radius 1 is 1.04 bits per heavy atom. The molecular formula is C22H23NO4. The lowest BCUT2D eigenvalue weighted by atomic mass is 9.86. The van der Waals surface area contributed by atoms with E-state index in [9.17, 15) is 9.59 Å². The van der Waals surface area contributed by atoms with E-state index >= 15 is 0 Å². The highest BCUT2D eigenvalue weighted by atomic mass is 16.6. The summed E-state index contributed by atoms with van der Waals surface area (Å²) >= 11 is 0. The number of hydrogen-bond acceptors (Lipinski definition) is 5. The number of Topliss-reactive ketones (excluding diaryl/α,β-unsaturated/α-hetero) is 1. The topological polar surface area (TPSA) is 76.4 Å². The van der Waals surface area contributed by atoms with Gasteiger partial charge in [0.25, 0.3) is 0 Å². The van der Waals surface area contributed by atoms with E-state index < -0.39 is 12.1 Å². The van der Waals surface area contributed by atoms with Crippen LogP contribution in [0.25, 0.3) is 0 Å². The Morgan fingerprint density at radius 2 is 1.63 bits per heavy atom. The SMILES string of the molecule is C[C@H](OC(=O)COc1ccc(C#N)cc1)C(=O)c1ccc(C(C)(C)C)cc1. The van der Waals surface area contributed by atoms with Crippen LogP contribution >= 0.6 is 0 Å². The van der Waals surface area contributed by atoms with Crippen LogP contribution in [0.15, 0.2) is 48.5 Å². The zero-order chi connectivity index (χ0) is 20.0. The van der Waals surface area contributed by atoms with Crippen LogP contribution in [0.1, 0.15) is 49.2 Å². The second kappa shape index (κ2) is 8.50. The van der Waals surface area contributed by atoms with Crippen molar-refractivity contribution in [2.75, 3.05) is 6.61 Å². The molecule has 1 atom stereocenters. The maximum atomic E-state index is 12.4. The maximum Gasteiger partial charge on any atom is 0.344 e. The Morgan fingerprint density at radius 3 is 2.15 bits per heavy atom. The fourth-order valence-electron chi connectivity index (χ4n) is 2.42. The first-order valence-corrected chi connectivity index (χ1v) is 8.68. The molecule has 0 fully saturated rings. The van der Waals surface area contributed by atoms with Crippen LogP contribution in [0.5, 0.6) is 5.75 Å². The molecule has 0 N–H and O–H groups in total. The van der Waals surface area contributed by atoms with Gasteiger partial charge >= 0.3 is 5.97 Å². The number of nitriles is 1. The molecule has 0 unspecified atom stereocenters. The number of rotatable bonds is 6. The summed E-state index contributed by atoms with van der Waals surface area (Å²) in [6.45, 7) is 7.53. The molecule has 0 radical (unpaired) electrons. The van der Waals surface area contributed by atoms with Crippen molar-refractivity contribution in [2.24, 2.45) is 0 Å². The van der Waals surface area contributed by atoms with Crippen molar-refractivity contribution in [3.8, 4) is 11.8 Å². The van der Waals surface area contributed by atoms with Crippen molar-refractivity contribution in [3.63, 3.8) is 0 Å². The minimum Gasteiger partial charge on any atom is -0.482 e. The molecule has 140 valence electrons. The quantitative estimate of drug-likeness (QED) is 0.570. The Hall–Kier alpha value is -3.13. The van der Waals surface area contributed by atoms with Gasteiger partial charge < -0.3 is 9.47 Å². The van der Waals surface area contributed by atoms with Gasteiger partial charge in [-0.05, 0) is 42.2 Å². The number of ether oxygens (including phenoxy) is 2. The van der Waals surface area contributed by atoms with Crippen molar-refractivity contribution in [2.45, 2.75) is 39.2 Å². The summed E-state index contributed by atoms with van der Waals surface area (Å²) < 4.78 is 10.5. The van der Waals surface area contributed by atoms with E-state index in [-0.39, 0.29) is 17.8 Å². The van der Waals surface area contributed by atoms with Gasteiger partial charge in [0.1, 0.15) is 5.75 Å². The summed E-state index contributed by atoms with van der Waals surface area (Å²) in [5.41, 5.74) is 2.13. The van der Waals surface area contributed by atoms with E-state index in [0.717, 1.165) is 5.56 Å². The number of hydrogen-bond donors (Lipinski definition) is 0. The largest absolute Gasteiger partial charge is 0.482 e. The fraction of sp³-hybridized carbons (Fsp3) is 0.318. The molecule has 2 rings (SSSR count). The molecule has 5 heteroatoms. The first kappa shape index (κ1) is 20.2. The van der Waals surface area contributed by atoms with Gasteiger partial charge in [-0.3, -0.25) is 4.79 Å². The maximum absolute atomic E-state index is 12.4. The van der Waals surface area contributed by atoms with Crippen molar-refractivity contribution in [1.29, 1.82) is 5.26 Å². The number of carbonyl (C=O) groups is 2. The molecule has 0 heterocycles. The Balaban J connectivity index is 1.89.